The summed E-state index contributed by atoms with van der Waals surface area (Å²) in [7, 11) is 0. The number of amides is 1. The quantitative estimate of drug-likeness (QED) is 0.610. The number of likely N-dealkylation sites (tertiary alicyclic amines) is 1. The van der Waals surface area contributed by atoms with Crippen molar-refractivity contribution in [2.45, 2.75) is 13.3 Å². The molecule has 30 heavy (non-hydrogen) atoms. The van der Waals surface area contributed by atoms with E-state index in [2.05, 4.69) is 27.5 Å². The number of rotatable bonds is 3. The van der Waals surface area contributed by atoms with Crippen molar-refractivity contribution in [1.82, 2.24) is 19.9 Å². The van der Waals surface area contributed by atoms with E-state index >= 15 is 0 Å². The zero-order valence-corrected chi connectivity index (χ0v) is 17.4. The predicted octanol–water partition coefficient (Wildman–Crippen LogP) is 3.16. The van der Waals surface area contributed by atoms with Gasteiger partial charge in [-0.05, 0) is 31.6 Å². The first-order valence-corrected chi connectivity index (χ1v) is 10.7. The van der Waals surface area contributed by atoms with E-state index in [-0.39, 0.29) is 11.3 Å². The maximum Gasteiger partial charge on any atom is 0.245 e. The molecule has 2 fully saturated rings. The summed E-state index contributed by atoms with van der Waals surface area (Å²) in [6, 6.07) is 6.13. The van der Waals surface area contributed by atoms with Crippen molar-refractivity contribution in [2.75, 3.05) is 31.1 Å². The molecule has 0 saturated carbocycles. The highest BCUT2D eigenvalue weighted by Crippen LogP contribution is 2.42. The molecule has 0 aliphatic carbocycles. The molecular weight excluding hydrogens is 396 g/mol. The lowest BCUT2D eigenvalue weighted by Gasteiger charge is -2.47. The number of pyridine rings is 2. The Kier molecular flexibility index (Phi) is 4.29. The van der Waals surface area contributed by atoms with Crippen LogP contribution in [0.15, 0.2) is 36.5 Å². The van der Waals surface area contributed by atoms with Crippen molar-refractivity contribution in [2.24, 2.45) is 5.41 Å². The van der Waals surface area contributed by atoms with Gasteiger partial charge in [0.1, 0.15) is 11.9 Å². The minimum absolute atomic E-state index is 0.0161. The average molecular weight is 417 g/mol. The van der Waals surface area contributed by atoms with E-state index in [1.807, 2.05) is 35.7 Å². The van der Waals surface area contributed by atoms with Gasteiger partial charge in [-0.2, -0.15) is 5.26 Å². The Morgan fingerprint density at radius 2 is 2.13 bits per heavy atom. The fourth-order valence-electron chi connectivity index (χ4n) is 4.49. The Bertz CT molecular complexity index is 1220. The van der Waals surface area contributed by atoms with Crippen LogP contribution in [-0.2, 0) is 4.79 Å². The molecule has 0 aromatic carbocycles. The maximum atomic E-state index is 11.8. The molecule has 0 N–H and O–H groups in total. The van der Waals surface area contributed by atoms with Crippen molar-refractivity contribution in [3.8, 4) is 16.5 Å². The van der Waals surface area contributed by atoms with Gasteiger partial charge in [-0.15, -0.1) is 11.3 Å². The maximum absolute atomic E-state index is 11.8. The van der Waals surface area contributed by atoms with Crippen molar-refractivity contribution in [3.05, 3.63) is 47.8 Å². The van der Waals surface area contributed by atoms with Crippen LogP contribution in [0.1, 0.15) is 17.7 Å². The Morgan fingerprint density at radius 1 is 1.30 bits per heavy atom. The molecule has 5 heterocycles. The van der Waals surface area contributed by atoms with Crippen LogP contribution in [0.25, 0.3) is 21.5 Å². The van der Waals surface area contributed by atoms with Crippen LogP contribution in [0, 0.1) is 23.7 Å². The Labute approximate surface area is 178 Å². The van der Waals surface area contributed by atoms with Gasteiger partial charge in [0.2, 0.25) is 5.91 Å². The van der Waals surface area contributed by atoms with Gasteiger partial charge in [0.15, 0.2) is 0 Å². The number of carbonyl (C=O) groups excluding carboxylic acids is 1. The lowest BCUT2D eigenvalue weighted by Crippen LogP contribution is -2.59. The minimum Gasteiger partial charge on any atom is -0.355 e. The molecule has 7 nitrogen and oxygen atoms in total. The molecule has 0 atom stereocenters. The third-order valence-electron chi connectivity index (χ3n) is 6.05. The largest absolute Gasteiger partial charge is 0.355 e. The smallest absolute Gasteiger partial charge is 0.245 e. The monoisotopic (exact) mass is 416 g/mol. The Hall–Kier alpha value is -3.31. The van der Waals surface area contributed by atoms with E-state index in [0.29, 0.717) is 16.9 Å². The summed E-state index contributed by atoms with van der Waals surface area (Å²) in [6.07, 6.45) is 4.17. The Morgan fingerprint density at radius 3 is 2.83 bits per heavy atom. The van der Waals surface area contributed by atoms with Crippen LogP contribution < -0.4 is 4.90 Å². The molecule has 2 saturated heterocycles. The molecule has 150 valence electrons. The second kappa shape index (κ2) is 6.89. The molecule has 5 rings (SSSR count). The second-order valence-electron chi connectivity index (χ2n) is 8.07. The fourth-order valence-corrected chi connectivity index (χ4v) is 5.28. The van der Waals surface area contributed by atoms with E-state index < -0.39 is 0 Å². The normalized spacial score (nSPS) is 17.2. The molecule has 0 radical (unpaired) electrons. The number of carbonyl (C=O) groups is 1. The van der Waals surface area contributed by atoms with Crippen molar-refractivity contribution in [3.63, 3.8) is 0 Å². The third-order valence-corrected chi connectivity index (χ3v) is 7.03. The third kappa shape index (κ3) is 2.94. The summed E-state index contributed by atoms with van der Waals surface area (Å²) in [5, 5.41) is 9.71. The summed E-state index contributed by atoms with van der Waals surface area (Å²) in [5.74, 6) is 0.688. The van der Waals surface area contributed by atoms with Gasteiger partial charge in [0.05, 0.1) is 32.7 Å². The zero-order chi connectivity index (χ0) is 20.9. The van der Waals surface area contributed by atoms with Crippen LogP contribution in [0.3, 0.4) is 0 Å². The number of aromatic nitrogens is 3. The first-order valence-electron chi connectivity index (χ1n) is 9.80. The van der Waals surface area contributed by atoms with Gasteiger partial charge in [0.25, 0.3) is 0 Å². The van der Waals surface area contributed by atoms with Crippen molar-refractivity contribution in [1.29, 1.82) is 5.26 Å². The van der Waals surface area contributed by atoms with Crippen LogP contribution in [-0.4, -0.2) is 51.9 Å². The lowest BCUT2D eigenvalue weighted by atomic mass is 9.79. The molecule has 3 aromatic rings. The molecule has 8 heteroatoms. The number of anilines is 1. The second-order valence-corrected chi connectivity index (χ2v) is 8.93. The van der Waals surface area contributed by atoms with Crippen LogP contribution in [0.2, 0.25) is 0 Å². The minimum atomic E-state index is -0.0161. The number of nitriles is 1. The summed E-state index contributed by atoms with van der Waals surface area (Å²) >= 11 is 1.58. The van der Waals surface area contributed by atoms with Crippen LogP contribution >= 0.6 is 11.3 Å². The molecule has 3 aromatic heterocycles. The van der Waals surface area contributed by atoms with Crippen LogP contribution in [0.5, 0.6) is 0 Å². The van der Waals surface area contributed by atoms with Gasteiger partial charge >= 0.3 is 0 Å². The molecular formula is C22H20N6OS. The van der Waals surface area contributed by atoms with Gasteiger partial charge < -0.3 is 9.80 Å². The lowest BCUT2D eigenvalue weighted by molar-refractivity contribution is -0.136. The number of hydrogen-bond acceptors (Lipinski definition) is 7. The zero-order valence-electron chi connectivity index (χ0n) is 16.6. The highest BCUT2D eigenvalue weighted by atomic mass is 32.1. The van der Waals surface area contributed by atoms with Crippen LogP contribution in [0.4, 0.5) is 5.82 Å². The van der Waals surface area contributed by atoms with Crippen molar-refractivity contribution >= 4 is 34.1 Å². The molecule has 0 unspecified atom stereocenters. The molecule has 0 bridgehead atoms. The first kappa shape index (κ1) is 18.7. The Balaban J connectivity index is 1.47. The first-order chi connectivity index (χ1) is 14.5. The number of fused-ring (bicyclic) bond motifs is 1. The van der Waals surface area contributed by atoms with E-state index in [9.17, 15) is 10.1 Å². The van der Waals surface area contributed by atoms with E-state index in [4.69, 9.17) is 4.98 Å². The molecule has 1 spiro atoms. The predicted molar refractivity (Wildman–Crippen MR) is 116 cm³/mol. The van der Waals surface area contributed by atoms with E-state index in [1.54, 1.807) is 11.3 Å². The topological polar surface area (TPSA) is 86.0 Å². The molecule has 2 aliphatic rings. The van der Waals surface area contributed by atoms with Gasteiger partial charge in [-0.1, -0.05) is 6.58 Å². The van der Waals surface area contributed by atoms with Gasteiger partial charge in [0, 0.05) is 43.4 Å². The fraction of sp³-hybridized carbons (Fsp3) is 0.318. The summed E-state index contributed by atoms with van der Waals surface area (Å²) in [6.45, 7) is 8.64. The summed E-state index contributed by atoms with van der Waals surface area (Å²) in [4.78, 5) is 30.6. The average Bonchev–Trinajstić information content (AvgIpc) is 3.37. The van der Waals surface area contributed by atoms with E-state index in [1.165, 1.54) is 6.08 Å². The highest BCUT2D eigenvalue weighted by molar-refractivity contribution is 7.13. The standard InChI is InChI=1S/C22H20N6OS/c1-3-19(29)28-11-22(12-28)4-5-27(10-22)21-15(8-23)6-17-18(26-21)7-16(9-24-17)20-14(2)25-13-30-20/h3,6-7,9,13H,1,4-5,10-12H2,2H3. The number of aryl methyl sites for hydroxylation is 1. The highest BCUT2D eigenvalue weighted by Gasteiger charge is 2.49. The molecule has 1 amide bonds. The SMILES string of the molecule is C=CC(=O)N1CC2(CCN(c3nc4cc(-c5scnc5C)cnc4cc3C#N)C2)C1. The molecule has 2 aliphatic heterocycles. The van der Waals surface area contributed by atoms with Crippen molar-refractivity contribution < 1.29 is 4.79 Å². The summed E-state index contributed by atoms with van der Waals surface area (Å²) < 4.78 is 0. The number of hydrogen-bond donors (Lipinski definition) is 0. The number of nitrogens with zero attached hydrogens (tertiary/aromatic N) is 6. The van der Waals surface area contributed by atoms with Gasteiger partial charge in [-0.3, -0.25) is 9.78 Å². The number of thiazole rings is 1. The summed E-state index contributed by atoms with van der Waals surface area (Å²) in [5.41, 5.74) is 5.89. The van der Waals surface area contributed by atoms with Gasteiger partial charge in [-0.25, -0.2) is 9.97 Å². The van der Waals surface area contributed by atoms with E-state index in [0.717, 1.165) is 54.3 Å².